The summed E-state index contributed by atoms with van der Waals surface area (Å²) in [6, 6.07) is 12.4. The maximum atomic E-state index is 12.6. The molecule has 0 radical (unpaired) electrons. The van der Waals surface area contributed by atoms with E-state index in [4.69, 9.17) is 4.74 Å². The van der Waals surface area contributed by atoms with E-state index in [1.807, 2.05) is 37.3 Å². The highest BCUT2D eigenvalue weighted by Crippen LogP contribution is 2.24. The SMILES string of the molecule is CC(NC(=O)COC(=O)C1CCN(S(=O)(=O)c2cccnc2)CC1)c1ccccc1. The van der Waals surface area contributed by atoms with Gasteiger partial charge in [0.1, 0.15) is 4.90 Å². The van der Waals surface area contributed by atoms with Crippen molar-refractivity contribution >= 4 is 21.9 Å². The van der Waals surface area contributed by atoms with Crippen LogP contribution in [-0.2, 0) is 24.3 Å². The zero-order valence-corrected chi connectivity index (χ0v) is 17.5. The molecular weight excluding hydrogens is 406 g/mol. The van der Waals surface area contributed by atoms with Gasteiger partial charge >= 0.3 is 5.97 Å². The molecule has 30 heavy (non-hydrogen) atoms. The number of ether oxygens (including phenoxy) is 1. The molecule has 0 saturated carbocycles. The third kappa shape index (κ3) is 5.43. The van der Waals surface area contributed by atoms with E-state index in [9.17, 15) is 18.0 Å². The van der Waals surface area contributed by atoms with Gasteiger partial charge in [-0.3, -0.25) is 14.6 Å². The van der Waals surface area contributed by atoms with Crippen molar-refractivity contribution < 1.29 is 22.7 Å². The summed E-state index contributed by atoms with van der Waals surface area (Å²) in [5.74, 6) is -1.28. The fourth-order valence-corrected chi connectivity index (χ4v) is 4.78. The van der Waals surface area contributed by atoms with Crippen molar-refractivity contribution in [3.8, 4) is 0 Å². The standard InChI is InChI=1S/C21H25N3O5S/c1-16(17-6-3-2-4-7-17)23-20(25)15-29-21(26)18-9-12-24(13-10-18)30(27,28)19-8-5-11-22-14-19/h2-8,11,14,16,18H,9-10,12-13,15H2,1H3,(H,23,25). The van der Waals surface area contributed by atoms with Gasteiger partial charge in [-0.15, -0.1) is 0 Å². The van der Waals surface area contributed by atoms with Crippen LogP contribution in [-0.4, -0.2) is 49.3 Å². The highest BCUT2D eigenvalue weighted by atomic mass is 32.2. The number of esters is 1. The molecule has 3 rings (SSSR count). The van der Waals surface area contributed by atoms with Crippen LogP contribution in [0.5, 0.6) is 0 Å². The van der Waals surface area contributed by atoms with Crippen LogP contribution in [0.1, 0.15) is 31.4 Å². The third-order valence-electron chi connectivity index (χ3n) is 5.08. The van der Waals surface area contributed by atoms with E-state index >= 15 is 0 Å². The number of hydrogen-bond donors (Lipinski definition) is 1. The van der Waals surface area contributed by atoms with Gasteiger partial charge in [-0.05, 0) is 37.5 Å². The lowest BCUT2D eigenvalue weighted by molar-refractivity contribution is -0.153. The average Bonchev–Trinajstić information content (AvgIpc) is 2.78. The normalized spacial score (nSPS) is 16.6. The molecular formula is C21H25N3O5S. The van der Waals surface area contributed by atoms with E-state index in [1.165, 1.54) is 22.8 Å². The van der Waals surface area contributed by atoms with Crippen LogP contribution in [0.15, 0.2) is 59.8 Å². The average molecular weight is 432 g/mol. The molecule has 9 heteroatoms. The lowest BCUT2D eigenvalue weighted by Crippen LogP contribution is -2.41. The van der Waals surface area contributed by atoms with Crippen LogP contribution >= 0.6 is 0 Å². The fraction of sp³-hybridized carbons (Fsp3) is 0.381. The monoisotopic (exact) mass is 431 g/mol. The molecule has 1 aromatic heterocycles. The first-order valence-corrected chi connectivity index (χ1v) is 11.2. The summed E-state index contributed by atoms with van der Waals surface area (Å²) in [5, 5.41) is 2.79. The molecule has 1 unspecified atom stereocenters. The minimum atomic E-state index is -3.62. The Hall–Kier alpha value is -2.78. The van der Waals surface area contributed by atoms with E-state index in [-0.39, 0.29) is 36.5 Å². The summed E-state index contributed by atoms with van der Waals surface area (Å²) in [6.45, 7) is 1.93. The largest absolute Gasteiger partial charge is 0.455 e. The number of benzene rings is 1. The Kier molecular flexibility index (Phi) is 7.17. The molecule has 2 aromatic rings. The predicted molar refractivity (Wildman–Crippen MR) is 110 cm³/mol. The van der Waals surface area contributed by atoms with Crippen molar-refractivity contribution in [2.75, 3.05) is 19.7 Å². The van der Waals surface area contributed by atoms with Gasteiger partial charge in [0, 0.05) is 25.5 Å². The van der Waals surface area contributed by atoms with Crippen molar-refractivity contribution in [3.63, 3.8) is 0 Å². The first kappa shape index (κ1) is 21.9. The Labute approximate surface area is 176 Å². The number of sulfonamides is 1. The molecule has 1 atom stereocenters. The number of piperidine rings is 1. The molecule has 1 amide bonds. The minimum Gasteiger partial charge on any atom is -0.455 e. The van der Waals surface area contributed by atoms with Gasteiger partial charge in [-0.2, -0.15) is 4.31 Å². The van der Waals surface area contributed by atoms with Gasteiger partial charge in [0.05, 0.1) is 12.0 Å². The Morgan fingerprint density at radius 3 is 2.50 bits per heavy atom. The highest BCUT2D eigenvalue weighted by Gasteiger charge is 2.33. The van der Waals surface area contributed by atoms with Crippen LogP contribution in [0.3, 0.4) is 0 Å². The van der Waals surface area contributed by atoms with Gasteiger partial charge in [0.2, 0.25) is 10.0 Å². The van der Waals surface area contributed by atoms with Crippen molar-refractivity contribution in [1.29, 1.82) is 0 Å². The van der Waals surface area contributed by atoms with Crippen molar-refractivity contribution in [3.05, 3.63) is 60.4 Å². The number of nitrogens with one attached hydrogen (secondary N) is 1. The maximum absolute atomic E-state index is 12.6. The molecule has 1 aliphatic heterocycles. The molecule has 1 fully saturated rings. The number of carbonyl (C=O) groups excluding carboxylic acids is 2. The number of amides is 1. The first-order chi connectivity index (χ1) is 14.4. The number of hydrogen-bond acceptors (Lipinski definition) is 6. The lowest BCUT2D eigenvalue weighted by Gasteiger charge is -2.30. The number of nitrogens with zero attached hydrogens (tertiary/aromatic N) is 2. The maximum Gasteiger partial charge on any atom is 0.309 e. The van der Waals surface area contributed by atoms with Crippen molar-refractivity contribution in [2.24, 2.45) is 5.92 Å². The summed E-state index contributed by atoms with van der Waals surface area (Å²) >= 11 is 0. The molecule has 2 heterocycles. The van der Waals surface area contributed by atoms with Gasteiger partial charge in [-0.25, -0.2) is 8.42 Å². The molecule has 1 aliphatic rings. The predicted octanol–water partition coefficient (Wildman–Crippen LogP) is 1.90. The quantitative estimate of drug-likeness (QED) is 0.672. The molecule has 0 spiro atoms. The van der Waals surface area contributed by atoms with Crippen LogP contribution in [0, 0.1) is 5.92 Å². The number of pyridine rings is 1. The molecule has 0 bridgehead atoms. The zero-order valence-electron chi connectivity index (χ0n) is 16.7. The van der Waals surface area contributed by atoms with Crippen LogP contribution in [0.2, 0.25) is 0 Å². The number of carbonyl (C=O) groups is 2. The summed E-state index contributed by atoms with van der Waals surface area (Å²) < 4.78 is 31.7. The summed E-state index contributed by atoms with van der Waals surface area (Å²) in [4.78, 5) is 28.4. The summed E-state index contributed by atoms with van der Waals surface area (Å²) in [5.41, 5.74) is 0.958. The van der Waals surface area contributed by atoms with Gasteiger partial charge in [0.25, 0.3) is 5.91 Å². The Bertz CT molecular complexity index is 959. The van der Waals surface area contributed by atoms with Gasteiger partial charge in [-0.1, -0.05) is 30.3 Å². The second-order valence-electron chi connectivity index (χ2n) is 7.17. The van der Waals surface area contributed by atoms with E-state index in [2.05, 4.69) is 10.3 Å². The summed E-state index contributed by atoms with van der Waals surface area (Å²) in [7, 11) is -3.62. The Morgan fingerprint density at radius 1 is 1.17 bits per heavy atom. The van der Waals surface area contributed by atoms with Crippen LogP contribution in [0.4, 0.5) is 0 Å². The summed E-state index contributed by atoms with van der Waals surface area (Å²) in [6.07, 6.45) is 3.52. The van der Waals surface area contributed by atoms with Crippen LogP contribution in [0.25, 0.3) is 0 Å². The topological polar surface area (TPSA) is 106 Å². The first-order valence-electron chi connectivity index (χ1n) is 9.79. The third-order valence-corrected chi connectivity index (χ3v) is 6.96. The van der Waals surface area contributed by atoms with E-state index in [1.54, 1.807) is 6.07 Å². The highest BCUT2D eigenvalue weighted by molar-refractivity contribution is 7.89. The molecule has 160 valence electrons. The molecule has 0 aliphatic carbocycles. The van der Waals surface area contributed by atoms with Gasteiger partial charge < -0.3 is 10.1 Å². The van der Waals surface area contributed by atoms with E-state index < -0.39 is 21.9 Å². The number of aromatic nitrogens is 1. The molecule has 8 nitrogen and oxygen atoms in total. The zero-order chi connectivity index (χ0) is 21.6. The molecule has 1 N–H and O–H groups in total. The lowest BCUT2D eigenvalue weighted by atomic mass is 9.98. The minimum absolute atomic E-state index is 0.134. The molecule has 1 aromatic carbocycles. The van der Waals surface area contributed by atoms with Crippen molar-refractivity contribution in [1.82, 2.24) is 14.6 Å². The Morgan fingerprint density at radius 2 is 1.87 bits per heavy atom. The van der Waals surface area contributed by atoms with Crippen molar-refractivity contribution in [2.45, 2.75) is 30.7 Å². The number of rotatable bonds is 7. The Balaban J connectivity index is 1.45. The smallest absolute Gasteiger partial charge is 0.309 e. The second-order valence-corrected chi connectivity index (χ2v) is 9.11. The fourth-order valence-electron chi connectivity index (χ4n) is 3.34. The van der Waals surface area contributed by atoms with E-state index in [0.717, 1.165) is 5.56 Å². The van der Waals surface area contributed by atoms with Gasteiger partial charge in [0.15, 0.2) is 6.61 Å². The van der Waals surface area contributed by atoms with Crippen LogP contribution < -0.4 is 5.32 Å². The molecule has 1 saturated heterocycles. The second kappa shape index (κ2) is 9.82. The van der Waals surface area contributed by atoms with E-state index in [0.29, 0.717) is 12.8 Å².